The first-order valence-electron chi connectivity index (χ1n) is 6.01. The van der Waals surface area contributed by atoms with E-state index in [1.807, 2.05) is 6.92 Å². The van der Waals surface area contributed by atoms with Crippen LogP contribution in [-0.4, -0.2) is 34.9 Å². The first-order valence-corrected chi connectivity index (χ1v) is 8.50. The van der Waals surface area contributed by atoms with Gasteiger partial charge in [-0.2, -0.15) is 0 Å². The van der Waals surface area contributed by atoms with Gasteiger partial charge in [-0.1, -0.05) is 28.5 Å². The van der Waals surface area contributed by atoms with Gasteiger partial charge in [-0.05, 0) is 13.3 Å². The molecule has 2 N–H and O–H groups in total. The molecule has 0 heterocycles. The topological polar surface area (TPSA) is 77.2 Å². The lowest BCUT2D eigenvalue weighted by molar-refractivity contribution is -0.123. The van der Waals surface area contributed by atoms with Gasteiger partial charge in [0, 0.05) is 25.0 Å². The Morgan fingerprint density at radius 1 is 1.11 bits per heavy atom. The second kappa shape index (κ2) is 10.6. The monoisotopic (exact) mass is 291 g/mol. The van der Waals surface area contributed by atoms with Crippen molar-refractivity contribution >= 4 is 38.9 Å². The molecule has 104 valence electrons. The third-order valence-electron chi connectivity index (χ3n) is 2.22. The van der Waals surface area contributed by atoms with Gasteiger partial charge in [-0.15, -0.1) is 0 Å². The molecule has 0 fully saturated rings. The van der Waals surface area contributed by atoms with E-state index in [9.17, 15) is 14.4 Å². The van der Waals surface area contributed by atoms with Crippen molar-refractivity contribution in [3.05, 3.63) is 0 Å². The summed E-state index contributed by atoms with van der Waals surface area (Å²) in [7, 11) is 2.88. The highest BCUT2D eigenvalue weighted by atomic mass is 33.1. The van der Waals surface area contributed by atoms with Crippen molar-refractivity contribution in [2.75, 3.05) is 11.5 Å². The van der Waals surface area contributed by atoms with E-state index in [1.165, 1.54) is 28.5 Å². The maximum atomic E-state index is 11.5. The van der Waals surface area contributed by atoms with Crippen LogP contribution >= 0.6 is 21.6 Å². The first-order chi connectivity index (χ1) is 8.47. The van der Waals surface area contributed by atoms with E-state index < -0.39 is 6.04 Å². The zero-order chi connectivity index (χ0) is 14.0. The molecule has 0 aromatic heterocycles. The van der Waals surface area contributed by atoms with Crippen molar-refractivity contribution in [2.24, 2.45) is 5.73 Å². The van der Waals surface area contributed by atoms with Crippen LogP contribution in [0.4, 0.5) is 0 Å². The molecule has 4 nitrogen and oxygen atoms in total. The molecule has 1 atom stereocenters. The number of hydrogen-bond acceptors (Lipinski definition) is 6. The van der Waals surface area contributed by atoms with Crippen LogP contribution in [0.25, 0.3) is 0 Å². The standard InChI is InChI=1S/C12H21NO3S2/c1-3-4-10(15)7-17-18-8-11(13)12(16)6-5-9(2)14/h11H,3-8,13H2,1-2H3/t11-/m0/s1. The molecular weight excluding hydrogens is 270 g/mol. The first kappa shape index (κ1) is 17.7. The molecule has 0 aromatic rings. The minimum absolute atomic E-state index is 0.00254. The van der Waals surface area contributed by atoms with Crippen molar-refractivity contribution in [1.29, 1.82) is 0 Å². The van der Waals surface area contributed by atoms with Crippen LogP contribution in [0.3, 0.4) is 0 Å². The maximum absolute atomic E-state index is 11.5. The normalized spacial score (nSPS) is 12.2. The van der Waals surface area contributed by atoms with Crippen LogP contribution in [0.1, 0.15) is 39.5 Å². The molecule has 18 heavy (non-hydrogen) atoms. The number of carbonyl (C=O) groups excluding carboxylic acids is 3. The van der Waals surface area contributed by atoms with Gasteiger partial charge in [-0.3, -0.25) is 9.59 Å². The van der Waals surface area contributed by atoms with Gasteiger partial charge < -0.3 is 10.5 Å². The lowest BCUT2D eigenvalue weighted by atomic mass is 10.1. The summed E-state index contributed by atoms with van der Waals surface area (Å²) in [4.78, 5) is 33.5. The third kappa shape index (κ3) is 9.67. The average Bonchev–Trinajstić information content (AvgIpc) is 2.31. The van der Waals surface area contributed by atoms with Gasteiger partial charge in [0.2, 0.25) is 0 Å². The van der Waals surface area contributed by atoms with Crippen LogP contribution in [-0.2, 0) is 14.4 Å². The van der Waals surface area contributed by atoms with Gasteiger partial charge >= 0.3 is 0 Å². The fraction of sp³-hybridized carbons (Fsp3) is 0.750. The third-order valence-corrected chi connectivity index (χ3v) is 4.58. The summed E-state index contributed by atoms with van der Waals surface area (Å²) in [6.45, 7) is 3.43. The largest absolute Gasteiger partial charge is 0.321 e. The highest BCUT2D eigenvalue weighted by molar-refractivity contribution is 8.76. The quantitative estimate of drug-likeness (QED) is 0.463. The molecule has 0 rings (SSSR count). The predicted molar refractivity (Wildman–Crippen MR) is 77.7 cm³/mol. The lowest BCUT2D eigenvalue weighted by Crippen LogP contribution is -2.32. The van der Waals surface area contributed by atoms with Crippen LogP contribution in [0, 0.1) is 0 Å². The summed E-state index contributed by atoms with van der Waals surface area (Å²) in [5.41, 5.74) is 5.70. The fourth-order valence-corrected chi connectivity index (χ4v) is 3.32. The Kier molecular flexibility index (Phi) is 10.4. The van der Waals surface area contributed by atoms with E-state index >= 15 is 0 Å². The van der Waals surface area contributed by atoms with Crippen molar-refractivity contribution in [3.8, 4) is 0 Å². The molecule has 0 saturated carbocycles. The number of nitrogens with two attached hydrogens (primary N) is 1. The van der Waals surface area contributed by atoms with E-state index in [-0.39, 0.29) is 30.2 Å². The summed E-state index contributed by atoms with van der Waals surface area (Å²) in [5, 5.41) is 0. The minimum atomic E-state index is -0.539. The number of Topliss-reactive ketones (excluding diaryl/α,β-unsaturated/α-hetero) is 3. The molecule has 0 spiro atoms. The highest BCUT2D eigenvalue weighted by Crippen LogP contribution is 2.22. The van der Waals surface area contributed by atoms with Crippen LogP contribution in [0.2, 0.25) is 0 Å². The predicted octanol–water partition coefficient (Wildman–Crippen LogP) is 2.00. The Morgan fingerprint density at radius 3 is 2.33 bits per heavy atom. The summed E-state index contributed by atoms with van der Waals surface area (Å²) < 4.78 is 0. The molecule has 0 radical (unpaired) electrons. The molecule has 0 saturated heterocycles. The van der Waals surface area contributed by atoms with E-state index in [4.69, 9.17) is 5.73 Å². The van der Waals surface area contributed by atoms with Crippen molar-refractivity contribution in [3.63, 3.8) is 0 Å². The van der Waals surface area contributed by atoms with Crippen molar-refractivity contribution in [1.82, 2.24) is 0 Å². The van der Waals surface area contributed by atoms with E-state index in [0.717, 1.165) is 6.42 Å². The van der Waals surface area contributed by atoms with Crippen molar-refractivity contribution < 1.29 is 14.4 Å². The average molecular weight is 291 g/mol. The van der Waals surface area contributed by atoms with Crippen LogP contribution < -0.4 is 5.73 Å². The van der Waals surface area contributed by atoms with Crippen LogP contribution in [0.15, 0.2) is 0 Å². The molecule has 0 aliphatic heterocycles. The smallest absolute Gasteiger partial charge is 0.150 e. The number of rotatable bonds is 11. The zero-order valence-corrected chi connectivity index (χ0v) is 12.6. The summed E-state index contributed by atoms with van der Waals surface area (Å²) >= 11 is 0. The molecule has 0 amide bonds. The Labute approximate surface area is 116 Å². The molecule has 0 aliphatic rings. The van der Waals surface area contributed by atoms with Gasteiger partial charge in [0.05, 0.1) is 11.8 Å². The molecule has 0 unspecified atom stereocenters. The summed E-state index contributed by atoms with van der Waals surface area (Å²) in [5.74, 6) is 1.10. The van der Waals surface area contributed by atoms with Crippen molar-refractivity contribution in [2.45, 2.75) is 45.6 Å². The molecule has 6 heteroatoms. The second-order valence-corrected chi connectivity index (χ2v) is 6.62. The van der Waals surface area contributed by atoms with Gasteiger partial charge in [0.1, 0.15) is 11.6 Å². The molecule has 0 aliphatic carbocycles. The van der Waals surface area contributed by atoms with E-state index in [2.05, 4.69) is 0 Å². The number of hydrogen-bond donors (Lipinski definition) is 1. The lowest BCUT2D eigenvalue weighted by Gasteiger charge is -2.08. The van der Waals surface area contributed by atoms with Gasteiger partial charge in [0.25, 0.3) is 0 Å². The van der Waals surface area contributed by atoms with Crippen LogP contribution in [0.5, 0.6) is 0 Å². The Morgan fingerprint density at radius 2 is 1.78 bits per heavy atom. The maximum Gasteiger partial charge on any atom is 0.150 e. The Hall–Kier alpha value is -0.330. The second-order valence-electron chi connectivity index (χ2n) is 4.11. The minimum Gasteiger partial charge on any atom is -0.321 e. The SMILES string of the molecule is CCCC(=O)CSSC[C@H](N)C(=O)CCC(C)=O. The van der Waals surface area contributed by atoms with E-state index in [1.54, 1.807) is 0 Å². The molecular formula is C12H21NO3S2. The number of ketones is 3. The Balaban J connectivity index is 3.63. The van der Waals surface area contributed by atoms with Gasteiger partial charge in [-0.25, -0.2) is 0 Å². The van der Waals surface area contributed by atoms with E-state index in [0.29, 0.717) is 17.9 Å². The van der Waals surface area contributed by atoms with Gasteiger partial charge in [0.15, 0.2) is 5.78 Å². The Bertz CT molecular complexity index is 295. The molecule has 0 aromatic carbocycles. The highest BCUT2D eigenvalue weighted by Gasteiger charge is 2.14. The summed E-state index contributed by atoms with van der Waals surface area (Å²) in [6, 6.07) is -0.539. The summed E-state index contributed by atoms with van der Waals surface area (Å²) in [6.07, 6.45) is 1.96. The molecule has 0 bridgehead atoms. The fourth-order valence-electron chi connectivity index (χ4n) is 1.16. The zero-order valence-electron chi connectivity index (χ0n) is 10.9. The number of carbonyl (C=O) groups is 3.